The Morgan fingerprint density at radius 1 is 1.23 bits per heavy atom. The van der Waals surface area contributed by atoms with Gasteiger partial charge in [0.2, 0.25) is 0 Å². The van der Waals surface area contributed by atoms with Crippen LogP contribution in [0.5, 0.6) is 0 Å². The van der Waals surface area contributed by atoms with Crippen LogP contribution < -0.4 is 10.9 Å². The second-order valence-corrected chi connectivity index (χ2v) is 5.61. The average Bonchev–Trinajstić information content (AvgIpc) is 2.89. The topological polar surface area (TPSA) is 75.1 Å². The predicted octanol–water partition coefficient (Wildman–Crippen LogP) is 2.61. The third-order valence-corrected chi connectivity index (χ3v) is 4.13. The molecule has 2 aromatic heterocycles. The van der Waals surface area contributed by atoms with Gasteiger partial charge in [0.25, 0.3) is 11.3 Å². The summed E-state index contributed by atoms with van der Waals surface area (Å²) in [4.78, 5) is 20.8. The second kappa shape index (κ2) is 5.46. The van der Waals surface area contributed by atoms with E-state index in [1.165, 1.54) is 4.52 Å². The number of halogens is 1. The number of anilines is 1. The number of rotatable bonds is 3. The first-order chi connectivity index (χ1) is 10.5. The number of fused-ring (bicyclic) bond motifs is 1. The molecule has 0 radical (unpaired) electrons. The summed E-state index contributed by atoms with van der Waals surface area (Å²) in [5, 5.41) is 6.94. The van der Waals surface area contributed by atoms with Crippen LogP contribution in [-0.4, -0.2) is 19.6 Å². The van der Waals surface area contributed by atoms with E-state index in [1.807, 2.05) is 25.1 Å². The summed E-state index contributed by atoms with van der Waals surface area (Å²) in [5.41, 5.74) is 3.09. The number of benzene rings is 1. The molecule has 3 aromatic rings. The molecule has 2 N–H and O–H groups in total. The highest BCUT2D eigenvalue weighted by Gasteiger charge is 2.10. The van der Waals surface area contributed by atoms with E-state index >= 15 is 0 Å². The molecular weight excluding hydrogens is 302 g/mol. The number of aromatic nitrogens is 4. The monoisotopic (exact) mass is 317 g/mol. The van der Waals surface area contributed by atoms with Crippen molar-refractivity contribution in [1.29, 1.82) is 0 Å². The van der Waals surface area contributed by atoms with Gasteiger partial charge in [0.15, 0.2) is 0 Å². The fraction of sp³-hybridized carbons (Fsp3) is 0.267. The van der Waals surface area contributed by atoms with Crippen LogP contribution >= 0.6 is 11.6 Å². The van der Waals surface area contributed by atoms with E-state index in [9.17, 15) is 4.79 Å². The largest absolute Gasteiger partial charge is 0.378 e. The van der Waals surface area contributed by atoms with E-state index in [1.54, 1.807) is 13.8 Å². The van der Waals surface area contributed by atoms with Gasteiger partial charge in [-0.05, 0) is 38.5 Å². The zero-order chi connectivity index (χ0) is 15.9. The van der Waals surface area contributed by atoms with E-state index in [4.69, 9.17) is 11.6 Å². The number of nitrogens with one attached hydrogen (secondary N) is 2. The van der Waals surface area contributed by atoms with E-state index in [0.29, 0.717) is 34.4 Å². The highest BCUT2D eigenvalue weighted by Crippen LogP contribution is 2.23. The van der Waals surface area contributed by atoms with Crippen molar-refractivity contribution in [3.05, 3.63) is 56.2 Å². The minimum Gasteiger partial charge on any atom is -0.378 e. The lowest BCUT2D eigenvalue weighted by atomic mass is 10.2. The molecule has 0 saturated carbocycles. The summed E-state index contributed by atoms with van der Waals surface area (Å²) in [6.45, 7) is 5.95. The van der Waals surface area contributed by atoms with Gasteiger partial charge < -0.3 is 5.32 Å². The van der Waals surface area contributed by atoms with Crippen LogP contribution in [0.4, 0.5) is 5.69 Å². The number of nitrogens with zero attached hydrogens (tertiary/aromatic N) is 3. The van der Waals surface area contributed by atoms with Crippen LogP contribution in [-0.2, 0) is 6.54 Å². The molecule has 0 bridgehead atoms. The molecule has 0 atom stereocenters. The van der Waals surface area contributed by atoms with Gasteiger partial charge in [-0.1, -0.05) is 17.7 Å². The SMILES string of the molecule is Cc1nc2nc(CNc3cccc(Cl)c3C)[nH]n2c(=O)c1C. The van der Waals surface area contributed by atoms with E-state index in [-0.39, 0.29) is 5.56 Å². The number of hydrogen-bond acceptors (Lipinski definition) is 4. The minimum atomic E-state index is -0.125. The van der Waals surface area contributed by atoms with Crippen LogP contribution in [0.3, 0.4) is 0 Å². The van der Waals surface area contributed by atoms with E-state index in [2.05, 4.69) is 20.4 Å². The van der Waals surface area contributed by atoms with Crippen LogP contribution in [0.1, 0.15) is 22.6 Å². The Morgan fingerprint density at radius 3 is 2.77 bits per heavy atom. The maximum Gasteiger partial charge on any atom is 0.277 e. The molecule has 0 saturated heterocycles. The van der Waals surface area contributed by atoms with Gasteiger partial charge in [-0.25, -0.2) is 4.98 Å². The Hall–Kier alpha value is -2.34. The smallest absolute Gasteiger partial charge is 0.277 e. The molecule has 22 heavy (non-hydrogen) atoms. The lowest BCUT2D eigenvalue weighted by molar-refractivity contribution is 0.841. The fourth-order valence-electron chi connectivity index (χ4n) is 2.20. The Kier molecular flexibility index (Phi) is 3.62. The number of aromatic amines is 1. The van der Waals surface area contributed by atoms with Crippen LogP contribution in [0, 0.1) is 20.8 Å². The molecule has 114 valence electrons. The fourth-order valence-corrected chi connectivity index (χ4v) is 2.38. The van der Waals surface area contributed by atoms with Crippen LogP contribution in [0.2, 0.25) is 5.02 Å². The van der Waals surface area contributed by atoms with Gasteiger partial charge in [0.1, 0.15) is 5.82 Å². The highest BCUT2D eigenvalue weighted by atomic mass is 35.5. The molecule has 1 aromatic carbocycles. The first-order valence-electron chi connectivity index (χ1n) is 6.91. The summed E-state index contributed by atoms with van der Waals surface area (Å²) in [6.07, 6.45) is 0. The molecule has 0 aliphatic rings. The molecule has 0 aliphatic heterocycles. The Morgan fingerprint density at radius 2 is 2.00 bits per heavy atom. The van der Waals surface area contributed by atoms with Crippen molar-refractivity contribution in [3.8, 4) is 0 Å². The normalized spacial score (nSPS) is 11.1. The van der Waals surface area contributed by atoms with Gasteiger partial charge in [-0.15, -0.1) is 0 Å². The summed E-state index contributed by atoms with van der Waals surface area (Å²) in [5.74, 6) is 1.02. The van der Waals surface area contributed by atoms with Crippen molar-refractivity contribution in [2.24, 2.45) is 0 Å². The van der Waals surface area contributed by atoms with Crippen LogP contribution in [0.25, 0.3) is 5.78 Å². The van der Waals surface area contributed by atoms with Gasteiger partial charge in [0.05, 0.1) is 6.54 Å². The third kappa shape index (κ3) is 2.46. The summed E-state index contributed by atoms with van der Waals surface area (Å²) in [7, 11) is 0. The summed E-state index contributed by atoms with van der Waals surface area (Å²) in [6, 6.07) is 5.68. The maximum atomic E-state index is 12.1. The molecule has 7 heteroatoms. The lowest BCUT2D eigenvalue weighted by Gasteiger charge is -2.08. The number of H-pyrrole nitrogens is 1. The van der Waals surface area contributed by atoms with Crippen molar-refractivity contribution >= 4 is 23.1 Å². The zero-order valence-corrected chi connectivity index (χ0v) is 13.3. The molecule has 0 aliphatic carbocycles. The molecule has 0 unspecified atom stereocenters. The van der Waals surface area contributed by atoms with Gasteiger partial charge in [-0.3, -0.25) is 9.89 Å². The molecular formula is C15H16ClN5O. The predicted molar refractivity (Wildman–Crippen MR) is 86.6 cm³/mol. The first-order valence-corrected chi connectivity index (χ1v) is 7.29. The number of hydrogen-bond donors (Lipinski definition) is 2. The molecule has 3 rings (SSSR count). The minimum absolute atomic E-state index is 0.125. The molecule has 6 nitrogen and oxygen atoms in total. The second-order valence-electron chi connectivity index (χ2n) is 5.20. The standard InChI is InChI=1S/C15H16ClN5O/c1-8-10(3)18-15-19-13(20-21(15)14(8)22)7-17-12-6-4-5-11(16)9(12)2/h4-6,17H,7H2,1-3H3,(H,18,19,20). The van der Waals surface area contributed by atoms with Crippen molar-refractivity contribution < 1.29 is 0 Å². The third-order valence-electron chi connectivity index (χ3n) is 3.72. The van der Waals surface area contributed by atoms with Crippen molar-refractivity contribution in [1.82, 2.24) is 19.6 Å². The van der Waals surface area contributed by atoms with E-state index in [0.717, 1.165) is 11.3 Å². The Bertz CT molecular complexity index is 912. The molecule has 0 amide bonds. The Labute approximate surface area is 132 Å². The zero-order valence-electron chi connectivity index (χ0n) is 12.6. The van der Waals surface area contributed by atoms with Gasteiger partial charge in [-0.2, -0.15) is 9.50 Å². The summed E-state index contributed by atoms with van der Waals surface area (Å²) < 4.78 is 1.37. The molecule has 0 spiro atoms. The first kappa shape index (κ1) is 14.6. The average molecular weight is 318 g/mol. The summed E-state index contributed by atoms with van der Waals surface area (Å²) >= 11 is 6.10. The quantitative estimate of drug-likeness (QED) is 0.778. The van der Waals surface area contributed by atoms with Crippen LogP contribution in [0.15, 0.2) is 23.0 Å². The van der Waals surface area contributed by atoms with Crippen molar-refractivity contribution in [2.75, 3.05) is 5.32 Å². The highest BCUT2D eigenvalue weighted by molar-refractivity contribution is 6.31. The van der Waals surface area contributed by atoms with E-state index < -0.39 is 0 Å². The van der Waals surface area contributed by atoms with Gasteiger partial charge in [0, 0.05) is 22.0 Å². The Balaban J connectivity index is 1.90. The van der Waals surface area contributed by atoms with Gasteiger partial charge >= 0.3 is 0 Å². The number of aryl methyl sites for hydroxylation is 1. The lowest BCUT2D eigenvalue weighted by Crippen LogP contribution is -2.19. The van der Waals surface area contributed by atoms with Crippen molar-refractivity contribution in [3.63, 3.8) is 0 Å². The molecule has 0 fully saturated rings. The maximum absolute atomic E-state index is 12.1. The molecule has 2 heterocycles. The van der Waals surface area contributed by atoms with Crippen molar-refractivity contribution in [2.45, 2.75) is 27.3 Å².